The van der Waals surface area contributed by atoms with Gasteiger partial charge >= 0.3 is 0 Å². The molecule has 0 spiro atoms. The zero-order valence-corrected chi connectivity index (χ0v) is 23.8. The van der Waals surface area contributed by atoms with E-state index in [9.17, 15) is 9.59 Å². The zero-order chi connectivity index (χ0) is 29.1. The molecule has 10 nitrogen and oxygen atoms in total. The number of carbonyl (C=O) groups excluding carboxylic acids is 2. The second-order valence-corrected chi connectivity index (χ2v) is 10.4. The number of nitrogens with one attached hydrogen (secondary N) is 6. The van der Waals surface area contributed by atoms with Gasteiger partial charge in [-0.15, -0.1) is 0 Å². The smallest absolute Gasteiger partial charge is 0.251 e. The van der Waals surface area contributed by atoms with Gasteiger partial charge in [-0.1, -0.05) is 54.6 Å². The summed E-state index contributed by atoms with van der Waals surface area (Å²) in [6.07, 6.45) is 4.68. The molecule has 0 saturated heterocycles. The first kappa shape index (κ1) is 28.8. The third-order valence-electron chi connectivity index (χ3n) is 7.30. The number of amides is 2. The van der Waals surface area contributed by atoms with Crippen LogP contribution < -0.4 is 26.6 Å². The van der Waals surface area contributed by atoms with Gasteiger partial charge in [-0.3, -0.25) is 14.6 Å². The summed E-state index contributed by atoms with van der Waals surface area (Å²) < 4.78 is 0. The van der Waals surface area contributed by atoms with Crippen molar-refractivity contribution >= 4 is 28.5 Å². The quantitative estimate of drug-likeness (QED) is 0.138. The highest BCUT2D eigenvalue weighted by molar-refractivity contribution is 5.97. The molecule has 0 bridgehead atoms. The number of hydrogen-bond acceptors (Lipinski definition) is 7. The number of benzene rings is 3. The molecular weight excluding hydrogens is 528 g/mol. The number of guanidine groups is 1. The Morgan fingerprint density at radius 2 is 1.81 bits per heavy atom. The van der Waals surface area contributed by atoms with Crippen molar-refractivity contribution in [2.45, 2.75) is 44.9 Å². The number of rotatable bonds is 13. The largest absolute Gasteiger partial charge is 0.356 e. The van der Waals surface area contributed by atoms with Crippen molar-refractivity contribution in [1.29, 1.82) is 0 Å². The van der Waals surface area contributed by atoms with Crippen LogP contribution in [0.5, 0.6) is 0 Å². The molecular formula is C32H38N8O2. The van der Waals surface area contributed by atoms with Gasteiger partial charge in [0, 0.05) is 37.6 Å². The van der Waals surface area contributed by atoms with E-state index < -0.39 is 6.04 Å². The van der Waals surface area contributed by atoms with Crippen LogP contribution in [0.3, 0.4) is 0 Å². The van der Waals surface area contributed by atoms with Crippen LogP contribution in [0.15, 0.2) is 84.1 Å². The molecule has 2 heterocycles. The maximum absolute atomic E-state index is 13.6. The number of carbonyl (C=O) groups is 2. The van der Waals surface area contributed by atoms with Crippen molar-refractivity contribution in [1.82, 2.24) is 36.6 Å². The van der Waals surface area contributed by atoms with Gasteiger partial charge in [-0.25, -0.2) is 4.98 Å². The summed E-state index contributed by atoms with van der Waals surface area (Å²) in [6, 6.07) is 20.7. The molecule has 0 unspecified atom stereocenters. The summed E-state index contributed by atoms with van der Waals surface area (Å²) in [5.74, 6) is 1.16. The van der Waals surface area contributed by atoms with Crippen molar-refractivity contribution in [2.75, 3.05) is 19.6 Å². The van der Waals surface area contributed by atoms with Crippen LogP contribution >= 0.6 is 0 Å². The van der Waals surface area contributed by atoms with Gasteiger partial charge in [0.1, 0.15) is 11.9 Å². The summed E-state index contributed by atoms with van der Waals surface area (Å²) in [6.45, 7) is 5.48. The van der Waals surface area contributed by atoms with Gasteiger partial charge in [0.25, 0.3) is 5.91 Å². The van der Waals surface area contributed by atoms with Crippen molar-refractivity contribution in [2.24, 2.45) is 4.99 Å². The maximum Gasteiger partial charge on any atom is 0.251 e. The number of aliphatic imine (C=N–C) groups is 1. The van der Waals surface area contributed by atoms with E-state index in [1.165, 1.54) is 0 Å². The van der Waals surface area contributed by atoms with Gasteiger partial charge in [0.05, 0.1) is 19.1 Å². The SMILES string of the molecule is C[C@H](NC(=O)[C@H](CCCNC1=NCCN1)NC(=O)c1ccc(CNCc2ncc[nH]2)cc1)c1cccc2ccccc12. The highest BCUT2D eigenvalue weighted by Gasteiger charge is 2.23. The molecule has 3 aromatic carbocycles. The number of fused-ring (bicyclic) bond motifs is 1. The minimum atomic E-state index is -0.690. The van der Waals surface area contributed by atoms with E-state index in [4.69, 9.17) is 0 Å². The molecule has 0 saturated carbocycles. The van der Waals surface area contributed by atoms with E-state index in [1.54, 1.807) is 24.5 Å². The first-order chi connectivity index (χ1) is 20.6. The minimum absolute atomic E-state index is 0.209. The molecule has 0 aliphatic carbocycles. The molecule has 6 N–H and O–H groups in total. The molecule has 2 atom stereocenters. The highest BCUT2D eigenvalue weighted by Crippen LogP contribution is 2.24. The molecule has 2 amide bonds. The van der Waals surface area contributed by atoms with Crippen LogP contribution in [-0.4, -0.2) is 53.4 Å². The predicted octanol–water partition coefficient (Wildman–Crippen LogP) is 3.16. The van der Waals surface area contributed by atoms with E-state index >= 15 is 0 Å². The Kier molecular flexibility index (Phi) is 9.79. The highest BCUT2D eigenvalue weighted by atomic mass is 16.2. The molecule has 1 aliphatic rings. The normalized spacial score (nSPS) is 14.1. The number of H-pyrrole nitrogens is 1. The second kappa shape index (κ2) is 14.3. The lowest BCUT2D eigenvalue weighted by molar-refractivity contribution is -0.123. The number of aromatic amines is 1. The molecule has 4 aromatic rings. The Morgan fingerprint density at radius 3 is 2.60 bits per heavy atom. The Balaban J connectivity index is 1.21. The lowest BCUT2D eigenvalue weighted by atomic mass is 9.99. The number of imidazole rings is 1. The van der Waals surface area contributed by atoms with E-state index in [0.29, 0.717) is 38.0 Å². The van der Waals surface area contributed by atoms with Crippen molar-refractivity contribution in [3.63, 3.8) is 0 Å². The molecule has 0 radical (unpaired) electrons. The average molecular weight is 567 g/mol. The first-order valence-corrected chi connectivity index (χ1v) is 14.5. The van der Waals surface area contributed by atoms with Crippen LogP contribution in [0.1, 0.15) is 53.1 Å². The Bertz CT molecular complexity index is 1500. The standard InChI is InChI=1S/C32H38N8O2/c1-22(26-9-4-7-24-6-2-3-8-27(24)26)39-31(42)28(10-5-15-36-32-37-18-19-38-32)40-30(41)25-13-11-23(12-14-25)20-33-21-29-34-16-17-35-29/h2-4,6-9,11-14,16-17,22,28,33H,5,10,15,18-21H2,1H3,(H,34,35)(H,39,42)(H,40,41)(H2,36,37,38)/t22-,28-/m0/s1. The Morgan fingerprint density at radius 1 is 0.976 bits per heavy atom. The second-order valence-electron chi connectivity index (χ2n) is 10.4. The average Bonchev–Trinajstić information content (AvgIpc) is 3.73. The third kappa shape index (κ3) is 7.73. The van der Waals surface area contributed by atoms with Gasteiger partial charge in [-0.05, 0) is 53.8 Å². The summed E-state index contributed by atoms with van der Waals surface area (Å²) in [5, 5.41) is 18.1. The fourth-order valence-electron chi connectivity index (χ4n) is 5.05. The van der Waals surface area contributed by atoms with Crippen LogP contribution in [0.2, 0.25) is 0 Å². The monoisotopic (exact) mass is 566 g/mol. The maximum atomic E-state index is 13.6. The van der Waals surface area contributed by atoms with E-state index in [-0.39, 0.29) is 17.9 Å². The minimum Gasteiger partial charge on any atom is -0.356 e. The number of nitrogens with zero attached hydrogens (tertiary/aromatic N) is 2. The fraction of sp³-hybridized carbons (Fsp3) is 0.312. The van der Waals surface area contributed by atoms with Crippen molar-refractivity contribution in [3.8, 4) is 0 Å². The van der Waals surface area contributed by atoms with Crippen LogP contribution in [0.25, 0.3) is 10.8 Å². The fourth-order valence-corrected chi connectivity index (χ4v) is 5.05. The lowest BCUT2D eigenvalue weighted by Gasteiger charge is -2.23. The number of aromatic nitrogens is 2. The Labute approximate surface area is 245 Å². The van der Waals surface area contributed by atoms with Crippen LogP contribution in [0, 0.1) is 0 Å². The summed E-state index contributed by atoms with van der Waals surface area (Å²) in [5.41, 5.74) is 2.59. The van der Waals surface area contributed by atoms with Crippen molar-refractivity contribution in [3.05, 3.63) is 102 Å². The van der Waals surface area contributed by atoms with Gasteiger partial charge in [-0.2, -0.15) is 0 Å². The Hall–Kier alpha value is -4.70. The molecule has 42 heavy (non-hydrogen) atoms. The predicted molar refractivity (Wildman–Crippen MR) is 165 cm³/mol. The summed E-state index contributed by atoms with van der Waals surface area (Å²) in [4.78, 5) is 38.4. The van der Waals surface area contributed by atoms with Crippen molar-refractivity contribution < 1.29 is 9.59 Å². The third-order valence-corrected chi connectivity index (χ3v) is 7.30. The molecule has 1 aromatic heterocycles. The zero-order valence-electron chi connectivity index (χ0n) is 23.8. The van der Waals surface area contributed by atoms with Gasteiger partial charge in [0.15, 0.2) is 5.96 Å². The molecule has 10 heteroatoms. The summed E-state index contributed by atoms with van der Waals surface area (Å²) >= 11 is 0. The van der Waals surface area contributed by atoms with Gasteiger partial charge in [0.2, 0.25) is 5.91 Å². The van der Waals surface area contributed by atoms with E-state index in [2.05, 4.69) is 59.7 Å². The van der Waals surface area contributed by atoms with E-state index in [1.807, 2.05) is 43.3 Å². The molecule has 5 rings (SSSR count). The lowest BCUT2D eigenvalue weighted by Crippen LogP contribution is -2.47. The summed E-state index contributed by atoms with van der Waals surface area (Å²) in [7, 11) is 0. The molecule has 1 aliphatic heterocycles. The van der Waals surface area contributed by atoms with E-state index in [0.717, 1.165) is 46.8 Å². The van der Waals surface area contributed by atoms with Gasteiger partial charge < -0.3 is 31.6 Å². The first-order valence-electron chi connectivity index (χ1n) is 14.5. The van der Waals surface area contributed by atoms with Crippen LogP contribution in [0.4, 0.5) is 0 Å². The molecule has 218 valence electrons. The molecule has 0 fully saturated rings. The van der Waals surface area contributed by atoms with Crippen LogP contribution in [-0.2, 0) is 17.9 Å². The number of hydrogen-bond donors (Lipinski definition) is 6. The topological polar surface area (TPSA) is 135 Å².